The van der Waals surface area contributed by atoms with Crippen molar-refractivity contribution in [1.29, 1.82) is 0 Å². The molecule has 0 unspecified atom stereocenters. The van der Waals surface area contributed by atoms with Gasteiger partial charge < -0.3 is 5.73 Å². The molecule has 0 bridgehead atoms. The lowest BCUT2D eigenvalue weighted by molar-refractivity contribution is 0.743. The van der Waals surface area contributed by atoms with Gasteiger partial charge in [-0.05, 0) is 43.4 Å². The highest BCUT2D eigenvalue weighted by atomic mass is 14.5. The first-order valence-electron chi connectivity index (χ1n) is 5.64. The highest BCUT2D eigenvalue weighted by Gasteiger charge is 1.95. The first-order chi connectivity index (χ1) is 6.86. The fraction of sp³-hybridized carbons (Fsp3) is 0.538. The number of nitrogens with two attached hydrogens (primary N) is 1. The highest BCUT2D eigenvalue weighted by Crippen LogP contribution is 2.10. The van der Waals surface area contributed by atoms with Crippen molar-refractivity contribution in [2.45, 2.75) is 39.0 Å². The Bertz CT molecular complexity index is 255. The smallest absolute Gasteiger partial charge is 0.00772 e. The number of hydrogen-bond donors (Lipinski definition) is 1. The van der Waals surface area contributed by atoms with E-state index in [0.29, 0.717) is 0 Å². The van der Waals surface area contributed by atoms with Crippen molar-refractivity contribution in [3.8, 4) is 0 Å². The van der Waals surface area contributed by atoms with Gasteiger partial charge in [0.1, 0.15) is 0 Å². The fourth-order valence-electron chi connectivity index (χ4n) is 1.70. The van der Waals surface area contributed by atoms with Gasteiger partial charge in [-0.1, -0.05) is 37.6 Å². The number of aryl methyl sites for hydroxylation is 2. The van der Waals surface area contributed by atoms with Gasteiger partial charge in [-0.25, -0.2) is 0 Å². The molecule has 78 valence electrons. The Morgan fingerprint density at radius 1 is 1.07 bits per heavy atom. The average Bonchev–Trinajstić information content (AvgIpc) is 2.19. The summed E-state index contributed by atoms with van der Waals surface area (Å²) in [6.45, 7) is 3.04. The van der Waals surface area contributed by atoms with Gasteiger partial charge in [0.25, 0.3) is 0 Å². The Morgan fingerprint density at radius 3 is 2.43 bits per heavy atom. The second-order valence-electron chi connectivity index (χ2n) is 3.82. The van der Waals surface area contributed by atoms with Gasteiger partial charge in [-0.3, -0.25) is 0 Å². The second-order valence-corrected chi connectivity index (χ2v) is 3.82. The van der Waals surface area contributed by atoms with Crippen LogP contribution in [0.2, 0.25) is 0 Å². The van der Waals surface area contributed by atoms with Gasteiger partial charge >= 0.3 is 0 Å². The number of benzene rings is 1. The van der Waals surface area contributed by atoms with Crippen LogP contribution in [0.1, 0.15) is 37.3 Å². The van der Waals surface area contributed by atoms with E-state index in [2.05, 4.69) is 31.2 Å². The summed E-state index contributed by atoms with van der Waals surface area (Å²) >= 11 is 0. The molecule has 0 aromatic heterocycles. The van der Waals surface area contributed by atoms with Gasteiger partial charge in [0.2, 0.25) is 0 Å². The van der Waals surface area contributed by atoms with Crippen molar-refractivity contribution < 1.29 is 0 Å². The lowest BCUT2D eigenvalue weighted by Gasteiger charge is -2.03. The molecule has 1 heteroatoms. The highest BCUT2D eigenvalue weighted by molar-refractivity contribution is 5.23. The summed E-state index contributed by atoms with van der Waals surface area (Å²) in [5.41, 5.74) is 8.40. The van der Waals surface area contributed by atoms with Crippen LogP contribution in [0.25, 0.3) is 0 Å². The van der Waals surface area contributed by atoms with E-state index < -0.39 is 0 Å². The number of hydrogen-bond acceptors (Lipinski definition) is 1. The van der Waals surface area contributed by atoms with Crippen LogP contribution in [-0.4, -0.2) is 6.54 Å². The molecule has 1 aromatic carbocycles. The summed E-state index contributed by atoms with van der Waals surface area (Å²) in [5, 5.41) is 0. The van der Waals surface area contributed by atoms with Crippen molar-refractivity contribution >= 4 is 0 Å². The molecule has 0 amide bonds. The largest absolute Gasteiger partial charge is 0.330 e. The Hall–Kier alpha value is -0.820. The van der Waals surface area contributed by atoms with Crippen molar-refractivity contribution in [3.63, 3.8) is 0 Å². The zero-order valence-corrected chi connectivity index (χ0v) is 9.13. The summed E-state index contributed by atoms with van der Waals surface area (Å²) in [7, 11) is 0. The van der Waals surface area contributed by atoms with Crippen LogP contribution in [0.15, 0.2) is 24.3 Å². The third-order valence-corrected chi connectivity index (χ3v) is 2.45. The Kier molecular flexibility index (Phi) is 5.31. The summed E-state index contributed by atoms with van der Waals surface area (Å²) < 4.78 is 0. The van der Waals surface area contributed by atoms with Crippen LogP contribution in [0.3, 0.4) is 0 Å². The van der Waals surface area contributed by atoms with Crippen molar-refractivity contribution in [2.24, 2.45) is 5.73 Å². The zero-order valence-electron chi connectivity index (χ0n) is 9.13. The Labute approximate surface area is 87.3 Å². The van der Waals surface area contributed by atoms with E-state index in [1.165, 1.54) is 36.8 Å². The zero-order chi connectivity index (χ0) is 10.2. The standard InChI is InChI=1S/C13H21N/c1-2-6-12-8-5-9-13(11-12)7-3-4-10-14/h5,8-9,11H,2-4,6-7,10,14H2,1H3. The molecule has 0 aliphatic heterocycles. The van der Waals surface area contributed by atoms with Crippen LogP contribution in [0.4, 0.5) is 0 Å². The molecular weight excluding hydrogens is 170 g/mol. The average molecular weight is 191 g/mol. The molecule has 0 heterocycles. The van der Waals surface area contributed by atoms with Gasteiger partial charge in [0.05, 0.1) is 0 Å². The van der Waals surface area contributed by atoms with Crippen LogP contribution in [-0.2, 0) is 12.8 Å². The van der Waals surface area contributed by atoms with Crippen LogP contribution < -0.4 is 5.73 Å². The molecule has 0 aliphatic carbocycles. The van der Waals surface area contributed by atoms with E-state index in [1.807, 2.05) is 0 Å². The topological polar surface area (TPSA) is 26.0 Å². The summed E-state index contributed by atoms with van der Waals surface area (Å²) in [6.07, 6.45) is 5.95. The first kappa shape index (κ1) is 11.3. The Morgan fingerprint density at radius 2 is 1.79 bits per heavy atom. The van der Waals surface area contributed by atoms with E-state index in [-0.39, 0.29) is 0 Å². The maximum absolute atomic E-state index is 5.47. The van der Waals surface area contributed by atoms with E-state index >= 15 is 0 Å². The molecule has 0 fully saturated rings. The molecule has 14 heavy (non-hydrogen) atoms. The van der Waals surface area contributed by atoms with E-state index in [1.54, 1.807) is 0 Å². The molecular formula is C13H21N. The summed E-state index contributed by atoms with van der Waals surface area (Å²) in [4.78, 5) is 0. The molecule has 0 atom stereocenters. The van der Waals surface area contributed by atoms with Crippen LogP contribution in [0.5, 0.6) is 0 Å². The third-order valence-electron chi connectivity index (χ3n) is 2.45. The minimum Gasteiger partial charge on any atom is -0.330 e. The minimum absolute atomic E-state index is 0.814. The minimum atomic E-state index is 0.814. The molecule has 0 spiro atoms. The maximum atomic E-state index is 5.47. The fourth-order valence-corrected chi connectivity index (χ4v) is 1.70. The predicted molar refractivity (Wildman–Crippen MR) is 62.4 cm³/mol. The number of rotatable bonds is 6. The lowest BCUT2D eigenvalue weighted by atomic mass is 10.0. The SMILES string of the molecule is CCCc1cccc(CCCCN)c1. The van der Waals surface area contributed by atoms with Gasteiger partial charge in [0, 0.05) is 0 Å². The van der Waals surface area contributed by atoms with Gasteiger partial charge in [0.15, 0.2) is 0 Å². The van der Waals surface area contributed by atoms with E-state index in [9.17, 15) is 0 Å². The van der Waals surface area contributed by atoms with Crippen LogP contribution in [0, 0.1) is 0 Å². The lowest BCUT2D eigenvalue weighted by Crippen LogP contribution is -1.99. The molecule has 1 nitrogen and oxygen atoms in total. The van der Waals surface area contributed by atoms with E-state index in [0.717, 1.165) is 13.0 Å². The van der Waals surface area contributed by atoms with E-state index in [4.69, 9.17) is 5.73 Å². The molecule has 0 radical (unpaired) electrons. The summed E-state index contributed by atoms with van der Waals surface area (Å²) in [6, 6.07) is 8.94. The quantitative estimate of drug-likeness (QED) is 0.687. The summed E-state index contributed by atoms with van der Waals surface area (Å²) in [5.74, 6) is 0. The molecule has 2 N–H and O–H groups in total. The second kappa shape index (κ2) is 6.61. The van der Waals surface area contributed by atoms with Crippen molar-refractivity contribution in [2.75, 3.05) is 6.54 Å². The molecule has 1 rings (SSSR count). The van der Waals surface area contributed by atoms with Crippen LogP contribution >= 0.6 is 0 Å². The van der Waals surface area contributed by atoms with Gasteiger partial charge in [-0.15, -0.1) is 0 Å². The molecule has 0 saturated heterocycles. The Balaban J connectivity index is 2.46. The molecule has 0 aliphatic rings. The van der Waals surface area contributed by atoms with Crippen molar-refractivity contribution in [3.05, 3.63) is 35.4 Å². The predicted octanol–water partition coefficient (Wildman–Crippen LogP) is 2.92. The molecule has 1 aromatic rings. The molecule has 0 saturated carbocycles. The monoisotopic (exact) mass is 191 g/mol. The normalized spacial score (nSPS) is 10.4. The maximum Gasteiger partial charge on any atom is -0.00772 e. The third kappa shape index (κ3) is 3.93. The first-order valence-corrected chi connectivity index (χ1v) is 5.64. The van der Waals surface area contributed by atoms with Crippen molar-refractivity contribution in [1.82, 2.24) is 0 Å². The van der Waals surface area contributed by atoms with Gasteiger partial charge in [-0.2, -0.15) is 0 Å². The number of unbranched alkanes of at least 4 members (excludes halogenated alkanes) is 1.